The molecule has 2 bridgehead atoms. The van der Waals surface area contributed by atoms with Gasteiger partial charge in [-0.3, -0.25) is 4.79 Å². The first-order chi connectivity index (χ1) is 13.8. The fourth-order valence-corrected chi connectivity index (χ4v) is 5.46. The van der Waals surface area contributed by atoms with E-state index in [0.29, 0.717) is 18.8 Å². The van der Waals surface area contributed by atoms with Gasteiger partial charge in [-0.1, -0.05) is 31.2 Å². The third-order valence-electron chi connectivity index (χ3n) is 7.28. The van der Waals surface area contributed by atoms with Gasteiger partial charge in [0.25, 0.3) is 0 Å². The van der Waals surface area contributed by atoms with Crippen molar-refractivity contribution in [1.29, 1.82) is 0 Å². The molecule has 3 atom stereocenters. The molecule has 0 spiro atoms. The number of benzene rings is 2. The zero-order chi connectivity index (χ0) is 20.6. The van der Waals surface area contributed by atoms with Gasteiger partial charge in [0.05, 0.1) is 0 Å². The number of hydrogen-bond donors (Lipinski definition) is 2. The largest absolute Gasteiger partial charge is 0.508 e. The smallest absolute Gasteiger partial charge is 0.306 e. The highest BCUT2D eigenvalue weighted by Crippen LogP contribution is 2.52. The summed E-state index contributed by atoms with van der Waals surface area (Å²) < 4.78 is 6.02. The molecule has 2 fully saturated rings. The summed E-state index contributed by atoms with van der Waals surface area (Å²) in [5.41, 5.74) is 1.29. The van der Waals surface area contributed by atoms with E-state index in [9.17, 15) is 15.0 Å². The lowest BCUT2D eigenvalue weighted by Crippen LogP contribution is -2.37. The lowest BCUT2D eigenvalue weighted by Gasteiger charge is -2.35. The van der Waals surface area contributed by atoms with Gasteiger partial charge in [0.15, 0.2) is 0 Å². The van der Waals surface area contributed by atoms with Crippen LogP contribution in [0.4, 0.5) is 0 Å². The van der Waals surface area contributed by atoms with Crippen molar-refractivity contribution in [2.45, 2.75) is 63.4 Å². The van der Waals surface area contributed by atoms with Gasteiger partial charge in [-0.15, -0.1) is 0 Å². The number of aromatic hydroxyl groups is 2. The number of phenolic OH excluding ortho intramolecular Hbond substituents is 2. The second kappa shape index (κ2) is 7.40. The molecule has 2 aromatic carbocycles. The average Bonchev–Trinajstić information content (AvgIpc) is 3.27. The van der Waals surface area contributed by atoms with Crippen molar-refractivity contribution in [3.63, 3.8) is 0 Å². The predicted octanol–water partition coefficient (Wildman–Crippen LogP) is 5.31. The molecule has 2 aliphatic rings. The number of rotatable bonds is 6. The molecule has 0 aromatic heterocycles. The van der Waals surface area contributed by atoms with Crippen LogP contribution in [0.3, 0.4) is 0 Å². The lowest BCUT2D eigenvalue weighted by atomic mass is 9.73. The SMILES string of the molecule is CC(CCC(=O)O[C@@]1(C)C[C@@H]2CC[C@H]1C2)(c1ccc(O)cc1)c1ccc(O)cc1. The van der Waals surface area contributed by atoms with Crippen molar-refractivity contribution in [2.24, 2.45) is 11.8 Å². The van der Waals surface area contributed by atoms with E-state index < -0.39 is 5.41 Å². The topological polar surface area (TPSA) is 66.8 Å². The van der Waals surface area contributed by atoms with E-state index in [0.717, 1.165) is 23.5 Å². The van der Waals surface area contributed by atoms with E-state index in [1.807, 2.05) is 24.3 Å². The molecule has 154 valence electrons. The number of fused-ring (bicyclic) bond motifs is 2. The molecule has 29 heavy (non-hydrogen) atoms. The Hall–Kier alpha value is -2.49. The number of hydrogen-bond acceptors (Lipinski definition) is 4. The lowest BCUT2D eigenvalue weighted by molar-refractivity contribution is -0.163. The first kappa shape index (κ1) is 19.8. The minimum Gasteiger partial charge on any atom is -0.508 e. The number of ether oxygens (including phenoxy) is 1. The fourth-order valence-electron chi connectivity index (χ4n) is 5.46. The molecule has 2 aromatic rings. The van der Waals surface area contributed by atoms with Crippen LogP contribution in [0.15, 0.2) is 48.5 Å². The molecular weight excluding hydrogens is 364 g/mol. The zero-order valence-corrected chi connectivity index (χ0v) is 17.2. The molecule has 2 saturated carbocycles. The van der Waals surface area contributed by atoms with E-state index in [1.54, 1.807) is 24.3 Å². The minimum absolute atomic E-state index is 0.135. The van der Waals surface area contributed by atoms with Crippen LogP contribution in [-0.2, 0) is 14.9 Å². The van der Waals surface area contributed by atoms with Crippen molar-refractivity contribution in [2.75, 3.05) is 0 Å². The van der Waals surface area contributed by atoms with Crippen LogP contribution in [0.1, 0.15) is 63.5 Å². The van der Waals surface area contributed by atoms with E-state index in [2.05, 4.69) is 13.8 Å². The summed E-state index contributed by atoms with van der Waals surface area (Å²) in [6.07, 6.45) is 5.56. The fraction of sp³-hybridized carbons (Fsp3) is 0.480. The number of carbonyl (C=O) groups excluding carboxylic acids is 1. The maximum Gasteiger partial charge on any atom is 0.306 e. The Morgan fingerprint density at radius 2 is 1.59 bits per heavy atom. The number of esters is 1. The summed E-state index contributed by atoms with van der Waals surface area (Å²) in [5.74, 6) is 1.52. The predicted molar refractivity (Wildman–Crippen MR) is 112 cm³/mol. The van der Waals surface area contributed by atoms with Gasteiger partial charge in [-0.25, -0.2) is 0 Å². The summed E-state index contributed by atoms with van der Waals surface area (Å²) in [6.45, 7) is 4.20. The molecule has 0 aliphatic heterocycles. The first-order valence-electron chi connectivity index (χ1n) is 10.6. The van der Waals surface area contributed by atoms with Crippen molar-refractivity contribution in [3.05, 3.63) is 59.7 Å². The van der Waals surface area contributed by atoms with Crippen molar-refractivity contribution in [3.8, 4) is 11.5 Å². The van der Waals surface area contributed by atoms with Crippen LogP contribution in [-0.4, -0.2) is 21.8 Å². The third-order valence-corrected chi connectivity index (χ3v) is 7.28. The van der Waals surface area contributed by atoms with Crippen LogP contribution < -0.4 is 0 Å². The molecule has 2 N–H and O–H groups in total. The van der Waals surface area contributed by atoms with Crippen LogP contribution in [0, 0.1) is 11.8 Å². The molecule has 0 heterocycles. The monoisotopic (exact) mass is 394 g/mol. The Kier molecular flexibility index (Phi) is 5.05. The highest BCUT2D eigenvalue weighted by molar-refractivity contribution is 5.70. The summed E-state index contributed by atoms with van der Waals surface area (Å²) in [6, 6.07) is 14.3. The summed E-state index contributed by atoms with van der Waals surface area (Å²) in [5, 5.41) is 19.4. The van der Waals surface area contributed by atoms with Crippen LogP contribution in [0.25, 0.3) is 0 Å². The molecule has 4 rings (SSSR count). The van der Waals surface area contributed by atoms with Gasteiger partial charge in [-0.2, -0.15) is 0 Å². The Labute approximate surface area is 172 Å². The van der Waals surface area contributed by atoms with Crippen LogP contribution in [0.5, 0.6) is 11.5 Å². The van der Waals surface area contributed by atoms with Crippen molar-refractivity contribution < 1.29 is 19.7 Å². The van der Waals surface area contributed by atoms with E-state index in [4.69, 9.17) is 4.74 Å². The number of carbonyl (C=O) groups is 1. The Morgan fingerprint density at radius 1 is 1.03 bits per heavy atom. The average molecular weight is 395 g/mol. The quantitative estimate of drug-likeness (QED) is 0.652. The van der Waals surface area contributed by atoms with Gasteiger partial charge >= 0.3 is 5.97 Å². The van der Waals surface area contributed by atoms with Gasteiger partial charge in [0, 0.05) is 11.8 Å². The van der Waals surface area contributed by atoms with E-state index >= 15 is 0 Å². The zero-order valence-electron chi connectivity index (χ0n) is 17.2. The van der Waals surface area contributed by atoms with Gasteiger partial charge < -0.3 is 14.9 Å². The third kappa shape index (κ3) is 3.85. The number of phenols is 2. The van der Waals surface area contributed by atoms with Crippen LogP contribution >= 0.6 is 0 Å². The summed E-state index contributed by atoms with van der Waals surface area (Å²) in [7, 11) is 0. The highest BCUT2D eigenvalue weighted by Gasteiger charge is 2.50. The van der Waals surface area contributed by atoms with E-state index in [-0.39, 0.29) is 23.1 Å². The maximum atomic E-state index is 12.8. The first-order valence-corrected chi connectivity index (χ1v) is 10.6. The van der Waals surface area contributed by atoms with E-state index in [1.165, 1.54) is 19.3 Å². The molecule has 0 amide bonds. The maximum absolute atomic E-state index is 12.8. The standard InChI is InChI=1S/C25H30O4/c1-24(18-5-9-21(26)10-6-18,19-7-11-22(27)12-8-19)14-13-23(28)29-25(2)16-17-3-4-20(25)15-17/h5-12,17,20,26-27H,3-4,13-16H2,1-2H3/t17-,20+,25+/m1/s1. The molecule has 0 unspecified atom stereocenters. The molecule has 4 nitrogen and oxygen atoms in total. The van der Waals surface area contributed by atoms with Gasteiger partial charge in [-0.05, 0) is 86.3 Å². The van der Waals surface area contributed by atoms with Gasteiger partial charge in [0.2, 0.25) is 0 Å². The molecule has 0 saturated heterocycles. The Bertz CT molecular complexity index is 825. The molecular formula is C25H30O4. The minimum atomic E-state index is -0.435. The Balaban J connectivity index is 1.52. The molecule has 4 heteroatoms. The normalized spacial score (nSPS) is 25.9. The highest BCUT2D eigenvalue weighted by atomic mass is 16.6. The van der Waals surface area contributed by atoms with Crippen molar-refractivity contribution in [1.82, 2.24) is 0 Å². The van der Waals surface area contributed by atoms with Crippen molar-refractivity contribution >= 4 is 5.97 Å². The molecule has 2 aliphatic carbocycles. The summed E-state index contributed by atoms with van der Waals surface area (Å²) in [4.78, 5) is 12.8. The van der Waals surface area contributed by atoms with Crippen LogP contribution in [0.2, 0.25) is 0 Å². The summed E-state index contributed by atoms with van der Waals surface area (Å²) >= 11 is 0. The molecule has 0 radical (unpaired) electrons. The Morgan fingerprint density at radius 3 is 2.03 bits per heavy atom. The second-order valence-electron chi connectivity index (χ2n) is 9.29. The second-order valence-corrected chi connectivity index (χ2v) is 9.29. The van der Waals surface area contributed by atoms with Gasteiger partial charge in [0.1, 0.15) is 17.1 Å².